The van der Waals surface area contributed by atoms with Crippen LogP contribution in [0.2, 0.25) is 5.02 Å². The van der Waals surface area contributed by atoms with Crippen molar-refractivity contribution in [2.24, 2.45) is 0 Å². The molecule has 0 spiro atoms. The molecule has 0 radical (unpaired) electrons. The van der Waals surface area contributed by atoms with Gasteiger partial charge in [-0.05, 0) is 23.8 Å². The number of halogens is 1. The molecule has 106 valence electrons. The van der Waals surface area contributed by atoms with Gasteiger partial charge < -0.3 is 4.42 Å². The van der Waals surface area contributed by atoms with Gasteiger partial charge in [0.25, 0.3) is 0 Å². The number of benzene rings is 3. The summed E-state index contributed by atoms with van der Waals surface area (Å²) in [5.41, 5.74) is 4.53. The Labute approximate surface area is 133 Å². The Kier molecular flexibility index (Phi) is 3.17. The summed E-state index contributed by atoms with van der Waals surface area (Å²) in [6.45, 7) is 0. The van der Waals surface area contributed by atoms with Gasteiger partial charge in [0.1, 0.15) is 5.52 Å². The van der Waals surface area contributed by atoms with Crippen molar-refractivity contribution in [2.75, 3.05) is 0 Å². The van der Waals surface area contributed by atoms with Gasteiger partial charge in [0, 0.05) is 22.2 Å². The number of hydrogen-bond donors (Lipinski definition) is 0. The highest BCUT2D eigenvalue weighted by atomic mass is 35.5. The second-order valence-corrected chi connectivity index (χ2v) is 5.49. The molecular formula is C19H12ClNO. The minimum atomic E-state index is 0.607. The fraction of sp³-hybridized carbons (Fsp3) is 0. The van der Waals surface area contributed by atoms with Crippen LogP contribution in [0, 0.1) is 0 Å². The Hall–Kier alpha value is -2.58. The van der Waals surface area contributed by atoms with Crippen LogP contribution in [0.1, 0.15) is 0 Å². The number of rotatable bonds is 2. The molecule has 0 fully saturated rings. The lowest BCUT2D eigenvalue weighted by Crippen LogP contribution is -1.81. The van der Waals surface area contributed by atoms with Crippen LogP contribution >= 0.6 is 11.6 Å². The highest BCUT2D eigenvalue weighted by Gasteiger charge is 2.13. The van der Waals surface area contributed by atoms with Gasteiger partial charge in [0.15, 0.2) is 5.58 Å². The van der Waals surface area contributed by atoms with Gasteiger partial charge in [-0.3, -0.25) is 0 Å². The minimum absolute atomic E-state index is 0.607. The van der Waals surface area contributed by atoms with E-state index in [1.807, 2.05) is 72.8 Å². The van der Waals surface area contributed by atoms with Crippen molar-refractivity contribution < 1.29 is 4.42 Å². The van der Waals surface area contributed by atoms with Crippen LogP contribution in [0.15, 0.2) is 77.2 Å². The summed E-state index contributed by atoms with van der Waals surface area (Å²) >= 11 is 6.24. The van der Waals surface area contributed by atoms with Crippen molar-refractivity contribution >= 4 is 22.7 Å². The van der Waals surface area contributed by atoms with Crippen molar-refractivity contribution in [1.29, 1.82) is 0 Å². The maximum atomic E-state index is 6.24. The summed E-state index contributed by atoms with van der Waals surface area (Å²) in [4.78, 5) is 4.68. The molecule has 0 amide bonds. The summed E-state index contributed by atoms with van der Waals surface area (Å²) in [6.07, 6.45) is 0. The molecule has 0 aliphatic heterocycles. The highest BCUT2D eigenvalue weighted by Crippen LogP contribution is 2.34. The molecule has 0 aliphatic rings. The average molecular weight is 306 g/mol. The molecule has 0 N–H and O–H groups in total. The van der Waals surface area contributed by atoms with Crippen LogP contribution in [-0.4, -0.2) is 4.98 Å². The van der Waals surface area contributed by atoms with Gasteiger partial charge >= 0.3 is 0 Å². The Morgan fingerprint density at radius 2 is 1.41 bits per heavy atom. The van der Waals surface area contributed by atoms with Crippen LogP contribution < -0.4 is 0 Å². The molecule has 1 aromatic heterocycles. The van der Waals surface area contributed by atoms with E-state index in [2.05, 4.69) is 4.98 Å². The SMILES string of the molecule is Clc1cc(-c2ccccc2)c2nc(-c3ccccc3)oc2c1. The Balaban J connectivity index is 1.97. The second-order valence-electron chi connectivity index (χ2n) is 5.05. The third-order valence-corrected chi connectivity index (χ3v) is 3.78. The topological polar surface area (TPSA) is 26.0 Å². The van der Waals surface area contributed by atoms with E-state index in [4.69, 9.17) is 16.0 Å². The minimum Gasteiger partial charge on any atom is -0.436 e. The van der Waals surface area contributed by atoms with Crippen molar-refractivity contribution in [1.82, 2.24) is 4.98 Å². The van der Waals surface area contributed by atoms with Crippen LogP contribution in [0.4, 0.5) is 0 Å². The summed E-state index contributed by atoms with van der Waals surface area (Å²) < 4.78 is 5.90. The predicted molar refractivity (Wildman–Crippen MR) is 89.9 cm³/mol. The predicted octanol–water partition coefficient (Wildman–Crippen LogP) is 5.82. The number of oxazole rings is 1. The van der Waals surface area contributed by atoms with Crippen molar-refractivity contribution in [2.45, 2.75) is 0 Å². The largest absolute Gasteiger partial charge is 0.436 e. The maximum Gasteiger partial charge on any atom is 0.227 e. The van der Waals surface area contributed by atoms with Gasteiger partial charge in [0.05, 0.1) is 0 Å². The standard InChI is InChI=1S/C19H12ClNO/c20-15-11-16(13-7-3-1-4-8-13)18-17(12-15)22-19(21-18)14-9-5-2-6-10-14/h1-12H. The quantitative estimate of drug-likeness (QED) is 0.466. The molecule has 4 rings (SSSR count). The zero-order valence-corrected chi connectivity index (χ0v) is 12.4. The Bertz CT molecular complexity index is 930. The lowest BCUT2D eigenvalue weighted by atomic mass is 10.0. The van der Waals surface area contributed by atoms with Crippen molar-refractivity contribution in [3.05, 3.63) is 77.8 Å². The van der Waals surface area contributed by atoms with E-state index in [0.29, 0.717) is 16.5 Å². The molecular weight excluding hydrogens is 294 g/mol. The lowest BCUT2D eigenvalue weighted by molar-refractivity contribution is 0.620. The van der Waals surface area contributed by atoms with Gasteiger partial charge in [-0.15, -0.1) is 0 Å². The average Bonchev–Trinajstić information content (AvgIpc) is 2.99. The van der Waals surface area contributed by atoms with E-state index in [1.165, 1.54) is 0 Å². The number of aromatic nitrogens is 1. The van der Waals surface area contributed by atoms with Gasteiger partial charge in [0.2, 0.25) is 5.89 Å². The first-order valence-corrected chi connectivity index (χ1v) is 7.40. The first-order valence-electron chi connectivity index (χ1n) is 7.02. The molecule has 3 heteroatoms. The molecule has 0 bridgehead atoms. The molecule has 4 aromatic rings. The first kappa shape index (κ1) is 13.1. The van der Waals surface area contributed by atoms with Crippen LogP contribution in [0.3, 0.4) is 0 Å². The monoisotopic (exact) mass is 305 g/mol. The van der Waals surface area contributed by atoms with Crippen molar-refractivity contribution in [3.63, 3.8) is 0 Å². The van der Waals surface area contributed by atoms with Gasteiger partial charge in [-0.1, -0.05) is 60.1 Å². The zero-order valence-electron chi connectivity index (χ0n) is 11.7. The van der Waals surface area contributed by atoms with Gasteiger partial charge in [-0.2, -0.15) is 0 Å². The summed E-state index contributed by atoms with van der Waals surface area (Å²) in [7, 11) is 0. The van der Waals surface area contributed by atoms with E-state index in [9.17, 15) is 0 Å². The van der Waals surface area contributed by atoms with Gasteiger partial charge in [-0.25, -0.2) is 4.98 Å². The molecule has 0 saturated heterocycles. The molecule has 3 aromatic carbocycles. The fourth-order valence-electron chi connectivity index (χ4n) is 2.54. The van der Waals surface area contributed by atoms with Crippen LogP contribution in [-0.2, 0) is 0 Å². The number of hydrogen-bond acceptors (Lipinski definition) is 2. The van der Waals surface area contributed by atoms with Crippen molar-refractivity contribution in [3.8, 4) is 22.6 Å². The maximum absolute atomic E-state index is 6.24. The summed E-state index contributed by atoms with van der Waals surface area (Å²) in [5, 5.41) is 0.641. The third-order valence-electron chi connectivity index (χ3n) is 3.57. The summed E-state index contributed by atoms with van der Waals surface area (Å²) in [5.74, 6) is 0.607. The Morgan fingerprint density at radius 1 is 0.773 bits per heavy atom. The Morgan fingerprint density at radius 3 is 2.09 bits per heavy atom. The molecule has 0 unspecified atom stereocenters. The zero-order chi connectivity index (χ0) is 14.9. The smallest absolute Gasteiger partial charge is 0.227 e. The normalized spacial score (nSPS) is 11.0. The molecule has 2 nitrogen and oxygen atoms in total. The lowest BCUT2D eigenvalue weighted by Gasteiger charge is -2.02. The second kappa shape index (κ2) is 5.32. The van der Waals surface area contributed by atoms with E-state index in [-0.39, 0.29) is 0 Å². The number of nitrogens with zero attached hydrogens (tertiary/aromatic N) is 1. The molecule has 0 aliphatic carbocycles. The summed E-state index contributed by atoms with van der Waals surface area (Å²) in [6, 6.07) is 23.7. The first-order chi connectivity index (χ1) is 10.8. The van der Waals surface area contributed by atoms with E-state index < -0.39 is 0 Å². The van der Waals surface area contributed by atoms with E-state index >= 15 is 0 Å². The number of fused-ring (bicyclic) bond motifs is 1. The molecule has 0 saturated carbocycles. The highest BCUT2D eigenvalue weighted by molar-refractivity contribution is 6.31. The van der Waals surface area contributed by atoms with E-state index in [1.54, 1.807) is 0 Å². The van der Waals surface area contributed by atoms with Crippen LogP contribution in [0.5, 0.6) is 0 Å². The van der Waals surface area contributed by atoms with E-state index in [0.717, 1.165) is 22.2 Å². The third kappa shape index (κ3) is 2.28. The fourth-order valence-corrected chi connectivity index (χ4v) is 2.75. The molecule has 1 heterocycles. The van der Waals surface area contributed by atoms with Crippen LogP contribution in [0.25, 0.3) is 33.7 Å². The molecule has 0 atom stereocenters. The molecule has 22 heavy (non-hydrogen) atoms.